The van der Waals surface area contributed by atoms with E-state index >= 15 is 0 Å². The minimum Gasteiger partial charge on any atom is -0.377 e. The van der Waals surface area contributed by atoms with E-state index in [0.29, 0.717) is 6.10 Å². The predicted octanol–water partition coefficient (Wildman–Crippen LogP) is 3.17. The fraction of sp³-hybridized carbons (Fsp3) is 0.643. The van der Waals surface area contributed by atoms with Crippen LogP contribution in [0.2, 0.25) is 5.02 Å². The van der Waals surface area contributed by atoms with Crippen molar-refractivity contribution in [1.29, 1.82) is 0 Å². The Kier molecular flexibility index (Phi) is 5.91. The molecular formula is C14H21ClN2O. The number of aromatic nitrogens is 1. The highest BCUT2D eigenvalue weighted by atomic mass is 35.5. The van der Waals surface area contributed by atoms with Crippen LogP contribution in [0.1, 0.15) is 37.7 Å². The van der Waals surface area contributed by atoms with Crippen molar-refractivity contribution in [3.05, 3.63) is 29.0 Å². The highest BCUT2D eigenvalue weighted by molar-refractivity contribution is 6.31. The summed E-state index contributed by atoms with van der Waals surface area (Å²) in [4.78, 5) is 3.97. The van der Waals surface area contributed by atoms with Crippen LogP contribution >= 0.6 is 11.6 Å². The summed E-state index contributed by atoms with van der Waals surface area (Å²) in [5, 5.41) is 4.07. The van der Waals surface area contributed by atoms with E-state index in [1.807, 2.05) is 6.07 Å². The molecule has 0 bridgehead atoms. The van der Waals surface area contributed by atoms with E-state index in [-0.39, 0.29) is 0 Å². The van der Waals surface area contributed by atoms with Crippen molar-refractivity contribution in [2.24, 2.45) is 0 Å². The molecular weight excluding hydrogens is 248 g/mol. The monoisotopic (exact) mass is 268 g/mol. The Balaban J connectivity index is 1.57. The largest absolute Gasteiger partial charge is 0.377 e. The number of ether oxygens (including phenoxy) is 1. The van der Waals surface area contributed by atoms with Crippen molar-refractivity contribution in [1.82, 2.24) is 10.3 Å². The second-order valence-electron chi connectivity index (χ2n) is 4.77. The van der Waals surface area contributed by atoms with Crippen molar-refractivity contribution in [3.8, 4) is 0 Å². The van der Waals surface area contributed by atoms with Gasteiger partial charge in [-0.1, -0.05) is 30.9 Å². The van der Waals surface area contributed by atoms with Gasteiger partial charge in [0.15, 0.2) is 0 Å². The first-order chi connectivity index (χ1) is 8.86. The Morgan fingerprint density at radius 1 is 1.33 bits per heavy atom. The van der Waals surface area contributed by atoms with Gasteiger partial charge >= 0.3 is 0 Å². The summed E-state index contributed by atoms with van der Waals surface area (Å²) in [5.74, 6) is 0. The van der Waals surface area contributed by atoms with Gasteiger partial charge in [-0.2, -0.15) is 0 Å². The maximum absolute atomic E-state index is 6.03. The average molecular weight is 269 g/mol. The molecule has 18 heavy (non-hydrogen) atoms. The number of rotatable bonds is 6. The molecule has 1 N–H and O–H groups in total. The van der Waals surface area contributed by atoms with Gasteiger partial charge in [0.2, 0.25) is 0 Å². The van der Waals surface area contributed by atoms with Gasteiger partial charge in [-0.3, -0.25) is 4.98 Å². The van der Waals surface area contributed by atoms with Crippen LogP contribution in [-0.4, -0.2) is 24.2 Å². The third kappa shape index (κ3) is 4.56. The molecule has 2 rings (SSSR count). The molecule has 1 saturated carbocycles. The van der Waals surface area contributed by atoms with Crippen molar-refractivity contribution < 1.29 is 4.74 Å². The summed E-state index contributed by atoms with van der Waals surface area (Å²) >= 11 is 6.03. The maximum Gasteiger partial charge on any atom is 0.0634 e. The van der Waals surface area contributed by atoms with Gasteiger partial charge < -0.3 is 10.1 Å². The van der Waals surface area contributed by atoms with Crippen LogP contribution in [-0.2, 0) is 11.3 Å². The predicted molar refractivity (Wildman–Crippen MR) is 73.8 cm³/mol. The van der Waals surface area contributed by atoms with E-state index in [1.165, 1.54) is 32.1 Å². The van der Waals surface area contributed by atoms with Crippen molar-refractivity contribution >= 4 is 11.6 Å². The van der Waals surface area contributed by atoms with E-state index in [2.05, 4.69) is 10.3 Å². The molecule has 0 spiro atoms. The molecule has 1 aliphatic rings. The number of hydrogen-bond donors (Lipinski definition) is 1. The van der Waals surface area contributed by atoms with Crippen LogP contribution in [0.3, 0.4) is 0 Å². The van der Waals surface area contributed by atoms with Crippen LogP contribution in [0.4, 0.5) is 0 Å². The topological polar surface area (TPSA) is 34.2 Å². The van der Waals surface area contributed by atoms with Gasteiger partial charge in [0.05, 0.1) is 17.7 Å². The summed E-state index contributed by atoms with van der Waals surface area (Å²) in [6.45, 7) is 2.43. The zero-order valence-corrected chi connectivity index (χ0v) is 11.5. The molecule has 0 aromatic carbocycles. The highest BCUT2D eigenvalue weighted by Gasteiger charge is 2.12. The second kappa shape index (κ2) is 7.72. The van der Waals surface area contributed by atoms with Gasteiger partial charge in [-0.05, 0) is 24.5 Å². The molecule has 0 atom stereocenters. The molecule has 4 heteroatoms. The zero-order valence-electron chi connectivity index (χ0n) is 10.7. The van der Waals surface area contributed by atoms with Crippen LogP contribution in [0.15, 0.2) is 18.5 Å². The Morgan fingerprint density at radius 2 is 2.17 bits per heavy atom. The minimum absolute atomic E-state index is 0.491. The van der Waals surface area contributed by atoms with E-state index in [0.717, 1.165) is 30.3 Å². The van der Waals surface area contributed by atoms with Crippen molar-refractivity contribution in [2.45, 2.75) is 44.8 Å². The van der Waals surface area contributed by atoms with Gasteiger partial charge in [-0.25, -0.2) is 0 Å². The smallest absolute Gasteiger partial charge is 0.0634 e. The molecule has 0 unspecified atom stereocenters. The lowest BCUT2D eigenvalue weighted by Gasteiger charge is -2.22. The van der Waals surface area contributed by atoms with Gasteiger partial charge in [-0.15, -0.1) is 0 Å². The lowest BCUT2D eigenvalue weighted by atomic mass is 9.98. The number of halogens is 1. The molecule has 1 fully saturated rings. The fourth-order valence-electron chi connectivity index (χ4n) is 2.30. The first kappa shape index (κ1) is 13.8. The summed E-state index contributed by atoms with van der Waals surface area (Å²) in [6, 6.07) is 1.94. The number of nitrogens with zero attached hydrogens (tertiary/aromatic N) is 1. The lowest BCUT2D eigenvalue weighted by Crippen LogP contribution is -2.24. The van der Waals surface area contributed by atoms with Crippen molar-refractivity contribution in [3.63, 3.8) is 0 Å². The molecule has 0 aliphatic heterocycles. The summed E-state index contributed by atoms with van der Waals surface area (Å²) in [7, 11) is 0. The maximum atomic E-state index is 6.03. The molecule has 100 valence electrons. The van der Waals surface area contributed by atoms with Crippen LogP contribution in [0.5, 0.6) is 0 Å². The van der Waals surface area contributed by atoms with E-state index in [9.17, 15) is 0 Å². The van der Waals surface area contributed by atoms with Crippen LogP contribution in [0.25, 0.3) is 0 Å². The van der Waals surface area contributed by atoms with E-state index in [4.69, 9.17) is 16.3 Å². The fourth-order valence-corrected chi connectivity index (χ4v) is 2.49. The molecule has 1 aromatic heterocycles. The average Bonchev–Trinajstić information content (AvgIpc) is 2.42. The number of hydrogen-bond acceptors (Lipinski definition) is 3. The number of pyridine rings is 1. The summed E-state index contributed by atoms with van der Waals surface area (Å²) in [5.41, 5.74) is 1.09. The highest BCUT2D eigenvalue weighted by Crippen LogP contribution is 2.19. The molecule has 1 aromatic rings. The Morgan fingerprint density at radius 3 is 2.94 bits per heavy atom. The zero-order chi connectivity index (χ0) is 12.6. The van der Waals surface area contributed by atoms with Gasteiger partial charge in [0.1, 0.15) is 0 Å². The molecule has 3 nitrogen and oxygen atoms in total. The minimum atomic E-state index is 0.491. The first-order valence-corrected chi connectivity index (χ1v) is 7.15. The quantitative estimate of drug-likeness (QED) is 0.805. The third-order valence-corrected chi connectivity index (χ3v) is 3.70. The number of nitrogens with one attached hydrogen (secondary N) is 1. The normalized spacial score (nSPS) is 16.9. The van der Waals surface area contributed by atoms with E-state index < -0.39 is 0 Å². The SMILES string of the molecule is Clc1cnccc1CNCCOC1CCCCC1. The molecule has 0 radical (unpaired) electrons. The van der Waals surface area contributed by atoms with Crippen LogP contribution < -0.4 is 5.32 Å². The Bertz CT molecular complexity index is 353. The second-order valence-corrected chi connectivity index (χ2v) is 5.18. The standard InChI is InChI=1S/C14H21ClN2O/c15-14-11-16-7-6-12(14)10-17-8-9-18-13-4-2-1-3-5-13/h6-7,11,13,17H,1-5,8-10H2. The van der Waals surface area contributed by atoms with Crippen LogP contribution in [0, 0.1) is 0 Å². The summed E-state index contributed by atoms with van der Waals surface area (Å²) < 4.78 is 5.84. The Hall–Kier alpha value is -0.640. The molecule has 1 heterocycles. The first-order valence-electron chi connectivity index (χ1n) is 6.77. The van der Waals surface area contributed by atoms with E-state index in [1.54, 1.807) is 12.4 Å². The molecule has 0 saturated heterocycles. The molecule has 0 amide bonds. The van der Waals surface area contributed by atoms with Crippen molar-refractivity contribution in [2.75, 3.05) is 13.2 Å². The summed E-state index contributed by atoms with van der Waals surface area (Å²) in [6.07, 6.45) is 10.4. The third-order valence-electron chi connectivity index (χ3n) is 3.36. The lowest BCUT2D eigenvalue weighted by molar-refractivity contribution is 0.0302. The Labute approximate surface area is 114 Å². The van der Waals surface area contributed by atoms with Gasteiger partial charge in [0.25, 0.3) is 0 Å². The molecule has 1 aliphatic carbocycles. The van der Waals surface area contributed by atoms with Gasteiger partial charge in [0, 0.05) is 25.5 Å².